The maximum atomic E-state index is 14.2. The molecule has 2 atom stereocenters. The van der Waals surface area contributed by atoms with Gasteiger partial charge in [-0.05, 0) is 58.9 Å². The van der Waals surface area contributed by atoms with Crippen molar-refractivity contribution in [2.24, 2.45) is 0 Å². The van der Waals surface area contributed by atoms with Crippen LogP contribution in [0.3, 0.4) is 0 Å². The molecule has 4 rings (SSSR count). The lowest BCUT2D eigenvalue weighted by Gasteiger charge is -2.43. The van der Waals surface area contributed by atoms with Crippen molar-refractivity contribution < 1.29 is 39.1 Å². The van der Waals surface area contributed by atoms with E-state index < -0.39 is 53.2 Å². The third-order valence-corrected chi connectivity index (χ3v) is 11.6. The summed E-state index contributed by atoms with van der Waals surface area (Å²) in [7, 11) is -10.9. The fraction of sp³-hybridized carbons (Fsp3) is 0.478. The summed E-state index contributed by atoms with van der Waals surface area (Å²) in [5, 5.41) is 0. The van der Waals surface area contributed by atoms with Crippen molar-refractivity contribution in [1.29, 1.82) is 0 Å². The van der Waals surface area contributed by atoms with Gasteiger partial charge in [0.2, 0.25) is 0 Å². The van der Waals surface area contributed by atoms with Crippen molar-refractivity contribution in [3.8, 4) is 5.75 Å². The summed E-state index contributed by atoms with van der Waals surface area (Å²) < 4.78 is 105. The lowest BCUT2D eigenvalue weighted by Crippen LogP contribution is -2.60. The smallest absolute Gasteiger partial charge is 0.266 e. The topological polar surface area (TPSA) is 162 Å². The minimum absolute atomic E-state index is 0.0259. The minimum atomic E-state index is -4.85. The van der Waals surface area contributed by atoms with E-state index in [0.29, 0.717) is 26.2 Å². The minimum Gasteiger partial charge on any atom is -0.497 e. The molecule has 2 aromatic carbocycles. The third kappa shape index (κ3) is 6.27. The Bertz CT molecular complexity index is 1560. The van der Waals surface area contributed by atoms with Crippen LogP contribution in [0.1, 0.15) is 5.56 Å². The highest BCUT2D eigenvalue weighted by molar-refractivity contribution is 9.10. The van der Waals surface area contributed by atoms with Crippen LogP contribution in [-0.4, -0.2) is 109 Å². The Morgan fingerprint density at radius 3 is 2.18 bits per heavy atom. The summed E-state index contributed by atoms with van der Waals surface area (Å²) in [5.74, 6) is -1.83. The highest BCUT2D eigenvalue weighted by Gasteiger charge is 2.58. The van der Waals surface area contributed by atoms with Gasteiger partial charge in [0.25, 0.3) is 30.3 Å². The second-order valence-electron chi connectivity index (χ2n) is 9.84. The molecule has 0 saturated carbocycles. The molecule has 0 radical (unpaired) electrons. The van der Waals surface area contributed by atoms with Crippen LogP contribution in [0, 0.1) is 0 Å². The van der Waals surface area contributed by atoms with Gasteiger partial charge in [-0.1, -0.05) is 12.1 Å². The van der Waals surface area contributed by atoms with Crippen molar-refractivity contribution in [3.05, 3.63) is 52.5 Å². The van der Waals surface area contributed by atoms with Crippen molar-refractivity contribution in [1.82, 2.24) is 9.80 Å². The molecule has 0 spiro atoms. The quantitative estimate of drug-likeness (QED) is 0.371. The second-order valence-corrected chi connectivity index (χ2v) is 15.4. The number of halogens is 1. The average molecular weight is 669 g/mol. The van der Waals surface area contributed by atoms with Crippen molar-refractivity contribution in [3.63, 3.8) is 0 Å². The summed E-state index contributed by atoms with van der Waals surface area (Å²) in [6, 6.07) is 8.66. The number of rotatable bonds is 9. The Morgan fingerprint density at radius 2 is 1.62 bits per heavy atom. The molecule has 12 nitrogen and oxygen atoms in total. The van der Waals surface area contributed by atoms with E-state index in [1.807, 2.05) is 11.9 Å². The molecule has 2 N–H and O–H groups in total. The first-order valence-corrected chi connectivity index (χ1v) is 17.3. The molecule has 0 amide bonds. The van der Waals surface area contributed by atoms with Gasteiger partial charge in [0.05, 0.1) is 30.3 Å². The van der Waals surface area contributed by atoms with Gasteiger partial charge in [-0.2, -0.15) is 16.8 Å². The third-order valence-electron chi connectivity index (χ3n) is 7.18. The molecule has 0 aliphatic carbocycles. The maximum Gasteiger partial charge on any atom is 0.266 e. The van der Waals surface area contributed by atoms with Crippen LogP contribution in [0.2, 0.25) is 0 Å². The van der Waals surface area contributed by atoms with E-state index in [-0.39, 0.29) is 32.9 Å². The standard InChI is InChI=1S/C23H30BrN3O9S3/c1-25-9-11-26(12-10-25)15-23(16-38(31,32)33)18-13-17(36-2)7-8-20(18)27(22(23)14-37(28,29)30)39(34,35)21-6-4-3-5-19(21)24/h3-8,13,22H,9-12,14-16H2,1-2H3,(H,28,29,30)(H,31,32,33). The zero-order chi connectivity index (χ0) is 28.8. The van der Waals surface area contributed by atoms with Gasteiger partial charge in [0, 0.05) is 42.6 Å². The Hall–Kier alpha value is -1.79. The number of anilines is 1. The molecule has 1 fully saturated rings. The number of methoxy groups -OCH3 is 1. The van der Waals surface area contributed by atoms with Gasteiger partial charge in [-0.3, -0.25) is 18.3 Å². The number of nitrogens with zero attached hydrogens (tertiary/aromatic N) is 3. The van der Waals surface area contributed by atoms with E-state index in [1.54, 1.807) is 6.07 Å². The van der Waals surface area contributed by atoms with Crippen molar-refractivity contribution in [2.45, 2.75) is 16.4 Å². The number of piperazine rings is 1. The van der Waals surface area contributed by atoms with E-state index >= 15 is 0 Å². The highest BCUT2D eigenvalue weighted by Crippen LogP contribution is 2.51. The largest absolute Gasteiger partial charge is 0.497 e. The first kappa shape index (κ1) is 30.2. The van der Waals surface area contributed by atoms with Crippen LogP contribution in [0.4, 0.5) is 5.69 Å². The van der Waals surface area contributed by atoms with Crippen LogP contribution in [0.15, 0.2) is 51.8 Å². The molecular weight excluding hydrogens is 638 g/mol. The van der Waals surface area contributed by atoms with Crippen LogP contribution in [-0.2, 0) is 35.7 Å². The van der Waals surface area contributed by atoms with Gasteiger partial charge >= 0.3 is 0 Å². The maximum absolute atomic E-state index is 14.2. The van der Waals surface area contributed by atoms with E-state index in [2.05, 4.69) is 20.8 Å². The first-order valence-electron chi connectivity index (χ1n) is 11.9. The predicted molar refractivity (Wildman–Crippen MR) is 149 cm³/mol. The fourth-order valence-electron chi connectivity index (χ4n) is 5.43. The SMILES string of the molecule is COc1ccc2c(c1)C(CN1CCN(C)CC1)(CS(=O)(=O)O)C(CS(=O)(=O)O)N2S(=O)(=O)c1ccccc1Br. The molecule has 2 aromatic rings. The van der Waals surface area contributed by atoms with E-state index in [9.17, 15) is 34.4 Å². The molecule has 39 heavy (non-hydrogen) atoms. The predicted octanol–water partition coefficient (Wildman–Crippen LogP) is 1.30. The summed E-state index contributed by atoms with van der Waals surface area (Å²) in [4.78, 5) is 3.78. The fourth-order valence-corrected chi connectivity index (χ4v) is 10.2. The summed E-state index contributed by atoms with van der Waals surface area (Å²) in [6.07, 6.45) is 0. The zero-order valence-electron chi connectivity index (χ0n) is 21.3. The van der Waals surface area contributed by atoms with Crippen LogP contribution in [0.25, 0.3) is 0 Å². The lowest BCUT2D eigenvalue weighted by molar-refractivity contribution is 0.126. The van der Waals surface area contributed by atoms with E-state index in [0.717, 1.165) is 4.31 Å². The van der Waals surface area contributed by atoms with E-state index in [4.69, 9.17) is 4.74 Å². The molecule has 1 saturated heterocycles. The van der Waals surface area contributed by atoms with Crippen molar-refractivity contribution >= 4 is 51.9 Å². The Morgan fingerprint density at radius 1 is 0.974 bits per heavy atom. The van der Waals surface area contributed by atoms with Gasteiger partial charge in [0.15, 0.2) is 0 Å². The number of sulfonamides is 1. The molecule has 0 bridgehead atoms. The molecule has 2 unspecified atom stereocenters. The van der Waals surface area contributed by atoms with Crippen LogP contribution in [0.5, 0.6) is 5.75 Å². The Labute approximate surface area is 237 Å². The van der Waals surface area contributed by atoms with Gasteiger partial charge < -0.3 is 9.64 Å². The highest BCUT2D eigenvalue weighted by atomic mass is 79.9. The molecule has 2 aliphatic rings. The molecule has 2 heterocycles. The summed E-state index contributed by atoms with van der Waals surface area (Å²) >= 11 is 3.24. The zero-order valence-corrected chi connectivity index (χ0v) is 25.3. The average Bonchev–Trinajstić information content (AvgIpc) is 3.07. The summed E-state index contributed by atoms with van der Waals surface area (Å²) in [6.45, 7) is 2.13. The second kappa shape index (κ2) is 10.9. The molecule has 16 heteroatoms. The molecule has 0 aromatic heterocycles. The number of likely N-dealkylation sites (N-methyl/N-ethyl adjacent to an activating group) is 1. The number of hydrogen-bond acceptors (Lipinski definition) is 9. The molecule has 2 aliphatic heterocycles. The number of hydrogen-bond donors (Lipinski definition) is 2. The Balaban J connectivity index is 2.04. The number of benzene rings is 2. The van der Waals surface area contributed by atoms with Crippen LogP contribution < -0.4 is 9.04 Å². The number of ether oxygens (including phenoxy) is 1. The number of fused-ring (bicyclic) bond motifs is 1. The van der Waals surface area contributed by atoms with Gasteiger partial charge in [0.1, 0.15) is 10.6 Å². The van der Waals surface area contributed by atoms with Crippen LogP contribution >= 0.6 is 15.9 Å². The van der Waals surface area contributed by atoms with Crippen molar-refractivity contribution in [2.75, 3.05) is 62.7 Å². The van der Waals surface area contributed by atoms with E-state index in [1.165, 1.54) is 43.5 Å². The van der Waals surface area contributed by atoms with Gasteiger partial charge in [-0.25, -0.2) is 8.42 Å². The monoisotopic (exact) mass is 667 g/mol. The Kier molecular flexibility index (Phi) is 8.42. The first-order chi connectivity index (χ1) is 18.1. The molecule has 216 valence electrons. The molecular formula is C23H30BrN3O9S3. The lowest BCUT2D eigenvalue weighted by atomic mass is 9.78. The normalized spacial score (nSPS) is 23.1. The summed E-state index contributed by atoms with van der Waals surface area (Å²) in [5.41, 5.74) is -1.60. The van der Waals surface area contributed by atoms with Gasteiger partial charge in [-0.15, -0.1) is 0 Å².